The number of halogens is 2. The standard InChI is InChI=1S/C16H18F2N2O6/c17-9-4-7-13-15(12(9)18)26-11-3-6(20(24)25)1-2-10(11)19(13)5-8(14(7)21)16(22)23/h5-7,9-13,15H,1-4H2,(H,22,23). The van der Waals surface area contributed by atoms with Crippen LogP contribution in [0.5, 0.6) is 0 Å². The van der Waals surface area contributed by atoms with Crippen molar-refractivity contribution >= 4 is 11.8 Å². The number of morpholine rings is 1. The first kappa shape index (κ1) is 17.3. The molecule has 8 unspecified atom stereocenters. The molecule has 3 fully saturated rings. The largest absolute Gasteiger partial charge is 0.478 e. The van der Waals surface area contributed by atoms with E-state index in [9.17, 15) is 33.6 Å². The Labute approximate surface area is 146 Å². The van der Waals surface area contributed by atoms with Crippen molar-refractivity contribution in [2.45, 2.75) is 68.4 Å². The van der Waals surface area contributed by atoms with Crippen molar-refractivity contribution in [3.63, 3.8) is 0 Å². The van der Waals surface area contributed by atoms with Gasteiger partial charge >= 0.3 is 5.97 Å². The van der Waals surface area contributed by atoms with Gasteiger partial charge in [0.25, 0.3) is 0 Å². The van der Waals surface area contributed by atoms with Crippen LogP contribution in [0.2, 0.25) is 0 Å². The van der Waals surface area contributed by atoms with E-state index in [1.807, 2.05) is 0 Å². The van der Waals surface area contributed by atoms with Crippen molar-refractivity contribution in [1.29, 1.82) is 0 Å². The average molecular weight is 372 g/mol. The first-order valence-electron chi connectivity index (χ1n) is 8.63. The van der Waals surface area contributed by atoms with Crippen LogP contribution >= 0.6 is 0 Å². The van der Waals surface area contributed by atoms with Crippen LogP contribution < -0.4 is 0 Å². The molecule has 0 spiro atoms. The number of carboxylic acid groups (broad SMARTS) is 1. The number of rotatable bonds is 2. The number of alkyl halides is 2. The Morgan fingerprint density at radius 2 is 2.08 bits per heavy atom. The maximum absolute atomic E-state index is 14.5. The maximum atomic E-state index is 14.5. The lowest BCUT2D eigenvalue weighted by molar-refractivity contribution is -0.530. The second-order valence-corrected chi connectivity index (χ2v) is 7.41. The summed E-state index contributed by atoms with van der Waals surface area (Å²) in [4.78, 5) is 36.2. The van der Waals surface area contributed by atoms with Crippen molar-refractivity contribution in [2.75, 3.05) is 0 Å². The number of carbonyl (C=O) groups excluding carboxylic acids is 1. The van der Waals surface area contributed by atoms with Gasteiger partial charge in [0.1, 0.15) is 17.8 Å². The predicted octanol–water partition coefficient (Wildman–Crippen LogP) is 0.869. The molecule has 2 heterocycles. The Kier molecular flexibility index (Phi) is 3.98. The molecule has 8 atom stereocenters. The van der Waals surface area contributed by atoms with E-state index in [-0.39, 0.29) is 25.3 Å². The van der Waals surface area contributed by atoms with Gasteiger partial charge in [-0.3, -0.25) is 14.9 Å². The van der Waals surface area contributed by atoms with Crippen molar-refractivity contribution in [2.24, 2.45) is 5.92 Å². The van der Waals surface area contributed by atoms with Gasteiger partial charge in [0.05, 0.1) is 18.2 Å². The van der Waals surface area contributed by atoms with Gasteiger partial charge in [-0.05, 0) is 12.8 Å². The Balaban J connectivity index is 1.74. The molecule has 2 saturated carbocycles. The van der Waals surface area contributed by atoms with Crippen LogP contribution in [0.4, 0.5) is 8.78 Å². The Morgan fingerprint density at radius 3 is 2.73 bits per heavy atom. The van der Waals surface area contributed by atoms with Crippen LogP contribution in [-0.4, -0.2) is 69.4 Å². The number of nitrogens with zero attached hydrogens (tertiary/aromatic N) is 2. The molecule has 0 aromatic heterocycles. The molecule has 2 aliphatic carbocycles. The molecule has 10 heteroatoms. The molecule has 2 aliphatic heterocycles. The quantitative estimate of drug-likeness (QED) is 0.435. The number of ether oxygens (including phenoxy) is 1. The summed E-state index contributed by atoms with van der Waals surface area (Å²) < 4.78 is 34.4. The fourth-order valence-electron chi connectivity index (χ4n) is 4.88. The van der Waals surface area contributed by atoms with Crippen LogP contribution in [-0.2, 0) is 14.3 Å². The van der Waals surface area contributed by atoms with E-state index < -0.39 is 64.8 Å². The summed E-state index contributed by atoms with van der Waals surface area (Å²) in [6.45, 7) is 0. The minimum atomic E-state index is -1.96. The van der Waals surface area contributed by atoms with Gasteiger partial charge in [0, 0.05) is 29.9 Å². The van der Waals surface area contributed by atoms with Crippen LogP contribution in [0.15, 0.2) is 11.8 Å². The van der Waals surface area contributed by atoms with Crippen LogP contribution in [0.25, 0.3) is 0 Å². The zero-order valence-electron chi connectivity index (χ0n) is 13.7. The second kappa shape index (κ2) is 5.97. The highest BCUT2D eigenvalue weighted by Gasteiger charge is 2.59. The van der Waals surface area contributed by atoms with Gasteiger partial charge in [0.2, 0.25) is 6.04 Å². The highest BCUT2D eigenvalue weighted by atomic mass is 19.2. The molecule has 4 aliphatic rings. The van der Waals surface area contributed by atoms with Gasteiger partial charge in [-0.2, -0.15) is 0 Å². The van der Waals surface area contributed by atoms with Crippen molar-refractivity contribution in [3.05, 3.63) is 21.9 Å². The highest BCUT2D eigenvalue weighted by molar-refractivity contribution is 6.18. The molecule has 8 nitrogen and oxygen atoms in total. The molecule has 26 heavy (non-hydrogen) atoms. The molecule has 1 N–H and O–H groups in total. The fourth-order valence-corrected chi connectivity index (χ4v) is 4.88. The van der Waals surface area contributed by atoms with E-state index >= 15 is 0 Å². The summed E-state index contributed by atoms with van der Waals surface area (Å²) in [6, 6.07) is -2.00. The van der Waals surface area contributed by atoms with Gasteiger partial charge in [-0.25, -0.2) is 13.6 Å². The first-order valence-corrected chi connectivity index (χ1v) is 8.63. The van der Waals surface area contributed by atoms with Crippen molar-refractivity contribution < 1.29 is 33.1 Å². The van der Waals surface area contributed by atoms with Crippen molar-refractivity contribution in [1.82, 2.24) is 4.90 Å². The van der Waals surface area contributed by atoms with E-state index in [1.54, 1.807) is 4.90 Å². The maximum Gasteiger partial charge on any atom is 0.340 e. The van der Waals surface area contributed by atoms with Gasteiger partial charge in [-0.1, -0.05) is 0 Å². The number of carbonyl (C=O) groups is 2. The number of ketones is 1. The molecular weight excluding hydrogens is 354 g/mol. The highest BCUT2D eigenvalue weighted by Crippen LogP contribution is 2.46. The Hall–Kier alpha value is -2.10. The number of nitro groups is 1. The summed E-state index contributed by atoms with van der Waals surface area (Å²) in [6.07, 6.45) is -4.33. The van der Waals surface area contributed by atoms with Gasteiger partial charge < -0.3 is 14.7 Å². The van der Waals surface area contributed by atoms with Gasteiger partial charge in [0.15, 0.2) is 12.0 Å². The first-order chi connectivity index (χ1) is 12.3. The SMILES string of the molecule is O=C(O)C1=CN2C3CCC([N+](=O)[O-])CC3OC3C(F)C(F)CC(C1=O)C32. The summed E-state index contributed by atoms with van der Waals surface area (Å²) in [5.41, 5.74) is -0.452. The number of Topliss-reactive ketones (excluding diaryl/α,β-unsaturated/α-hetero) is 1. The van der Waals surface area contributed by atoms with Crippen LogP contribution in [0.1, 0.15) is 25.7 Å². The Bertz CT molecular complexity index is 700. The molecule has 0 aromatic carbocycles. The topological polar surface area (TPSA) is 110 Å². The van der Waals surface area contributed by atoms with E-state index in [0.717, 1.165) is 0 Å². The number of aliphatic carboxylic acids is 1. The minimum Gasteiger partial charge on any atom is -0.478 e. The lowest BCUT2D eigenvalue weighted by Crippen LogP contribution is -2.70. The van der Waals surface area contributed by atoms with Gasteiger partial charge in [-0.15, -0.1) is 0 Å². The average Bonchev–Trinajstić information content (AvgIpc) is 2.60. The molecule has 0 aromatic rings. The van der Waals surface area contributed by atoms with E-state index in [4.69, 9.17) is 4.74 Å². The zero-order valence-corrected chi connectivity index (χ0v) is 13.7. The third kappa shape index (κ3) is 2.42. The minimum absolute atomic E-state index is 0.0515. The summed E-state index contributed by atoms with van der Waals surface area (Å²) in [5, 5.41) is 20.4. The fraction of sp³-hybridized carbons (Fsp3) is 0.750. The van der Waals surface area contributed by atoms with Crippen LogP contribution in [0, 0.1) is 16.0 Å². The molecule has 142 valence electrons. The molecule has 1 saturated heterocycles. The lowest BCUT2D eigenvalue weighted by atomic mass is 9.70. The summed E-state index contributed by atoms with van der Waals surface area (Å²) in [5.74, 6) is -3.11. The molecule has 0 bridgehead atoms. The summed E-state index contributed by atoms with van der Waals surface area (Å²) in [7, 11) is 0. The molecule has 0 amide bonds. The normalized spacial score (nSPS) is 44.6. The molecule has 0 radical (unpaired) electrons. The monoisotopic (exact) mass is 372 g/mol. The lowest BCUT2D eigenvalue weighted by Gasteiger charge is -2.57. The zero-order chi connectivity index (χ0) is 18.7. The van der Waals surface area contributed by atoms with Crippen LogP contribution in [0.3, 0.4) is 0 Å². The molecule has 4 rings (SSSR count). The second-order valence-electron chi connectivity index (χ2n) is 7.41. The Morgan fingerprint density at radius 1 is 1.35 bits per heavy atom. The number of carboxylic acids is 1. The predicted molar refractivity (Wildman–Crippen MR) is 81.3 cm³/mol. The summed E-state index contributed by atoms with van der Waals surface area (Å²) >= 11 is 0. The third-order valence-electron chi connectivity index (χ3n) is 6.08. The van der Waals surface area contributed by atoms with E-state index in [0.29, 0.717) is 6.42 Å². The van der Waals surface area contributed by atoms with Crippen molar-refractivity contribution in [3.8, 4) is 0 Å². The number of hydrogen-bond donors (Lipinski definition) is 1. The molecular formula is C16H18F2N2O6. The number of hydrogen-bond acceptors (Lipinski definition) is 6. The number of fused-ring (bicyclic) bond motifs is 2. The smallest absolute Gasteiger partial charge is 0.340 e. The van der Waals surface area contributed by atoms with E-state index in [1.165, 1.54) is 6.20 Å². The van der Waals surface area contributed by atoms with E-state index in [2.05, 4.69) is 0 Å². The third-order valence-corrected chi connectivity index (χ3v) is 6.08.